The number of fused-ring (bicyclic) bond motifs is 1. The smallest absolute Gasteiger partial charge is 0.340 e. The Hall–Kier alpha value is -1.27. The lowest BCUT2D eigenvalue weighted by Crippen LogP contribution is -2.43. The van der Waals surface area contributed by atoms with E-state index < -0.39 is 11.7 Å². The van der Waals surface area contributed by atoms with Crippen LogP contribution in [-0.4, -0.2) is 29.9 Å². The van der Waals surface area contributed by atoms with Gasteiger partial charge in [-0.3, -0.25) is 4.79 Å². The molecule has 1 N–H and O–H groups in total. The first-order valence-electron chi connectivity index (χ1n) is 8.52. The summed E-state index contributed by atoms with van der Waals surface area (Å²) in [4.78, 5) is 14.1. The van der Waals surface area contributed by atoms with E-state index in [4.69, 9.17) is 0 Å². The van der Waals surface area contributed by atoms with E-state index in [1.165, 1.54) is 30.2 Å². The fourth-order valence-electron chi connectivity index (χ4n) is 3.97. The maximum atomic E-state index is 12.8. The minimum atomic E-state index is -4.36. The maximum Gasteiger partial charge on any atom is 0.416 e. The van der Waals surface area contributed by atoms with Crippen molar-refractivity contribution in [3.05, 3.63) is 35.4 Å². The summed E-state index contributed by atoms with van der Waals surface area (Å²) in [5.74, 6) is 0.538. The fraction of sp³-hybridized carbons (Fsp3) is 0.611. The zero-order chi connectivity index (χ0) is 17.3. The van der Waals surface area contributed by atoms with Gasteiger partial charge < -0.3 is 10.2 Å². The van der Waals surface area contributed by atoms with Gasteiger partial charge in [-0.05, 0) is 42.9 Å². The van der Waals surface area contributed by atoms with Crippen molar-refractivity contribution in [3.8, 4) is 0 Å². The van der Waals surface area contributed by atoms with E-state index >= 15 is 0 Å². The highest BCUT2D eigenvalue weighted by Crippen LogP contribution is 2.34. The first-order chi connectivity index (χ1) is 11.3. The van der Waals surface area contributed by atoms with Crippen molar-refractivity contribution in [2.45, 2.75) is 56.9 Å². The van der Waals surface area contributed by atoms with Gasteiger partial charge in [-0.15, -0.1) is 12.4 Å². The van der Waals surface area contributed by atoms with Gasteiger partial charge in [0.15, 0.2) is 0 Å². The van der Waals surface area contributed by atoms with Crippen LogP contribution in [0.4, 0.5) is 13.2 Å². The van der Waals surface area contributed by atoms with Gasteiger partial charge >= 0.3 is 6.18 Å². The first kappa shape index (κ1) is 20.0. The summed E-state index contributed by atoms with van der Waals surface area (Å²) in [7, 11) is 1.66. The normalized spacial score (nSPS) is 25.8. The number of benzene rings is 1. The molecule has 1 aromatic rings. The van der Waals surface area contributed by atoms with Gasteiger partial charge in [0.2, 0.25) is 5.91 Å². The molecule has 2 fully saturated rings. The molecule has 1 aliphatic heterocycles. The molecule has 1 amide bonds. The molecular weight excluding hydrogens is 353 g/mol. The van der Waals surface area contributed by atoms with Crippen molar-refractivity contribution >= 4 is 18.3 Å². The van der Waals surface area contributed by atoms with Gasteiger partial charge in [0.25, 0.3) is 0 Å². The van der Waals surface area contributed by atoms with Crippen LogP contribution >= 0.6 is 12.4 Å². The lowest BCUT2D eigenvalue weighted by Gasteiger charge is -2.24. The SMILES string of the molecule is CN(Cc1cccc(C(F)(F)F)c1)C(=O)C1CC2CCCCC2N1.Cl. The number of alkyl halides is 3. The average Bonchev–Trinajstić information content (AvgIpc) is 2.97. The lowest BCUT2D eigenvalue weighted by molar-refractivity contribution is -0.137. The highest BCUT2D eigenvalue weighted by Gasteiger charge is 2.39. The molecule has 1 saturated heterocycles. The minimum Gasteiger partial charge on any atom is -0.340 e. The summed E-state index contributed by atoms with van der Waals surface area (Å²) >= 11 is 0. The van der Waals surface area contributed by atoms with Crippen LogP contribution in [0.15, 0.2) is 24.3 Å². The number of hydrogen-bond donors (Lipinski definition) is 1. The number of likely N-dealkylation sites (N-methyl/N-ethyl adjacent to an activating group) is 1. The quantitative estimate of drug-likeness (QED) is 0.864. The van der Waals surface area contributed by atoms with Crippen molar-refractivity contribution < 1.29 is 18.0 Å². The number of carbonyl (C=O) groups is 1. The van der Waals surface area contributed by atoms with Crippen LogP contribution < -0.4 is 5.32 Å². The van der Waals surface area contributed by atoms with Gasteiger partial charge in [-0.2, -0.15) is 13.2 Å². The summed E-state index contributed by atoms with van der Waals surface area (Å²) in [6, 6.07) is 5.41. The van der Waals surface area contributed by atoms with Crippen molar-refractivity contribution in [2.24, 2.45) is 5.92 Å². The second-order valence-corrected chi connectivity index (χ2v) is 7.00. The molecule has 3 rings (SSSR count). The Bertz CT molecular complexity index is 594. The van der Waals surface area contributed by atoms with Crippen LogP contribution in [0.25, 0.3) is 0 Å². The summed E-state index contributed by atoms with van der Waals surface area (Å²) in [6.07, 6.45) is 1.20. The second-order valence-electron chi connectivity index (χ2n) is 7.00. The third-order valence-corrected chi connectivity index (χ3v) is 5.21. The van der Waals surface area contributed by atoms with Crippen LogP contribution in [-0.2, 0) is 17.5 Å². The van der Waals surface area contributed by atoms with Crippen LogP contribution in [0.3, 0.4) is 0 Å². The summed E-state index contributed by atoms with van der Waals surface area (Å²) < 4.78 is 38.4. The summed E-state index contributed by atoms with van der Waals surface area (Å²) in [6.45, 7) is 0.191. The van der Waals surface area contributed by atoms with Gasteiger partial charge in [0.05, 0.1) is 11.6 Å². The molecular formula is C18H24ClF3N2O. The summed E-state index contributed by atoms with van der Waals surface area (Å²) in [5.41, 5.74) is -0.179. The molecule has 0 bridgehead atoms. The van der Waals surface area contributed by atoms with E-state index in [0.29, 0.717) is 17.5 Å². The average molecular weight is 377 g/mol. The molecule has 3 unspecified atom stereocenters. The molecule has 1 aliphatic carbocycles. The van der Waals surface area contributed by atoms with E-state index in [0.717, 1.165) is 25.0 Å². The van der Waals surface area contributed by atoms with Gasteiger partial charge in [-0.25, -0.2) is 0 Å². The highest BCUT2D eigenvalue weighted by atomic mass is 35.5. The van der Waals surface area contributed by atoms with Gasteiger partial charge in [0, 0.05) is 19.6 Å². The van der Waals surface area contributed by atoms with Crippen LogP contribution in [0, 0.1) is 5.92 Å². The number of halogens is 4. The van der Waals surface area contributed by atoms with Gasteiger partial charge in [-0.1, -0.05) is 25.0 Å². The number of carbonyl (C=O) groups excluding carboxylic acids is 1. The third-order valence-electron chi connectivity index (χ3n) is 5.21. The van der Waals surface area contributed by atoms with Crippen molar-refractivity contribution in [1.29, 1.82) is 0 Å². The lowest BCUT2D eigenvalue weighted by atomic mass is 9.85. The molecule has 0 spiro atoms. The van der Waals surface area contributed by atoms with E-state index in [-0.39, 0.29) is 30.9 Å². The molecule has 25 heavy (non-hydrogen) atoms. The molecule has 0 aromatic heterocycles. The predicted octanol–water partition coefficient (Wildman–Crippen LogP) is 4.01. The topological polar surface area (TPSA) is 32.3 Å². The summed E-state index contributed by atoms with van der Waals surface area (Å²) in [5, 5.41) is 3.42. The molecule has 3 atom stereocenters. The molecule has 140 valence electrons. The number of hydrogen-bond acceptors (Lipinski definition) is 2. The Kier molecular flexibility index (Phi) is 6.38. The molecule has 3 nitrogen and oxygen atoms in total. The van der Waals surface area contributed by atoms with Crippen LogP contribution in [0.5, 0.6) is 0 Å². The molecule has 2 aliphatic rings. The molecule has 1 heterocycles. The number of nitrogens with one attached hydrogen (secondary N) is 1. The molecule has 0 radical (unpaired) electrons. The zero-order valence-corrected chi connectivity index (χ0v) is 15.0. The largest absolute Gasteiger partial charge is 0.416 e. The van der Waals surface area contributed by atoms with Crippen LogP contribution in [0.2, 0.25) is 0 Å². The fourth-order valence-corrected chi connectivity index (χ4v) is 3.97. The van der Waals surface area contributed by atoms with Crippen LogP contribution in [0.1, 0.15) is 43.2 Å². The number of nitrogens with zero attached hydrogens (tertiary/aromatic N) is 1. The second kappa shape index (κ2) is 7.96. The van der Waals surface area contributed by atoms with Crippen molar-refractivity contribution in [1.82, 2.24) is 10.2 Å². The van der Waals surface area contributed by atoms with E-state index in [2.05, 4.69) is 5.32 Å². The predicted molar refractivity (Wildman–Crippen MR) is 92.5 cm³/mol. The number of rotatable bonds is 3. The Morgan fingerprint density at radius 3 is 2.68 bits per heavy atom. The zero-order valence-electron chi connectivity index (χ0n) is 14.2. The standard InChI is InChI=1S/C18H23F3N2O.ClH/c1-23(11-12-5-4-7-14(9-12)18(19,20)21)17(24)16-10-13-6-2-3-8-15(13)22-16;/h4-5,7,9,13,15-16,22H,2-3,6,8,10-11H2,1H3;1H. The molecule has 7 heteroatoms. The Morgan fingerprint density at radius 1 is 1.28 bits per heavy atom. The maximum absolute atomic E-state index is 12.8. The first-order valence-corrected chi connectivity index (χ1v) is 8.52. The van der Waals surface area contributed by atoms with E-state index in [1.807, 2.05) is 0 Å². The monoisotopic (exact) mass is 376 g/mol. The Balaban J connectivity index is 0.00000225. The van der Waals surface area contributed by atoms with Gasteiger partial charge in [0.1, 0.15) is 0 Å². The van der Waals surface area contributed by atoms with Crippen molar-refractivity contribution in [2.75, 3.05) is 7.05 Å². The third kappa shape index (κ3) is 4.67. The Morgan fingerprint density at radius 2 is 2.00 bits per heavy atom. The Labute approximate surface area is 152 Å². The minimum absolute atomic E-state index is 0. The number of amides is 1. The molecule has 1 aromatic carbocycles. The highest BCUT2D eigenvalue weighted by molar-refractivity contribution is 5.85. The van der Waals surface area contributed by atoms with E-state index in [9.17, 15) is 18.0 Å². The van der Waals surface area contributed by atoms with E-state index in [1.54, 1.807) is 13.1 Å². The molecule has 1 saturated carbocycles. The van der Waals surface area contributed by atoms with Crippen molar-refractivity contribution in [3.63, 3.8) is 0 Å².